The van der Waals surface area contributed by atoms with Crippen LogP contribution in [-0.4, -0.2) is 24.9 Å². The van der Waals surface area contributed by atoms with E-state index in [-0.39, 0.29) is 6.61 Å². The average molecular weight is 276 g/mol. The maximum atomic E-state index is 9.30. The number of rotatable bonds is 10. The third-order valence-electron chi connectivity index (χ3n) is 2.32. The SMILES string of the molecule is C=CCOc1cc(CO)cc(OCC=C)c1OCC=C. The van der Waals surface area contributed by atoms with E-state index in [1.54, 1.807) is 30.4 Å². The highest BCUT2D eigenvalue weighted by Gasteiger charge is 2.14. The van der Waals surface area contributed by atoms with Crippen LogP contribution in [0.5, 0.6) is 17.2 Å². The van der Waals surface area contributed by atoms with Crippen LogP contribution < -0.4 is 14.2 Å². The number of aliphatic hydroxyl groups is 1. The molecule has 0 unspecified atom stereocenters. The molecule has 20 heavy (non-hydrogen) atoms. The largest absolute Gasteiger partial charge is 0.485 e. The fourth-order valence-corrected chi connectivity index (χ4v) is 1.52. The topological polar surface area (TPSA) is 47.9 Å². The lowest BCUT2D eigenvalue weighted by atomic mass is 10.2. The highest BCUT2D eigenvalue weighted by atomic mass is 16.5. The molecule has 0 spiro atoms. The van der Waals surface area contributed by atoms with Gasteiger partial charge in [0.2, 0.25) is 5.75 Å². The van der Waals surface area contributed by atoms with Gasteiger partial charge in [0.1, 0.15) is 19.8 Å². The molecule has 0 aliphatic heterocycles. The number of ether oxygens (including phenoxy) is 3. The van der Waals surface area contributed by atoms with Crippen molar-refractivity contribution in [2.75, 3.05) is 19.8 Å². The second-order valence-electron chi connectivity index (χ2n) is 3.88. The van der Waals surface area contributed by atoms with Gasteiger partial charge in [-0.1, -0.05) is 38.0 Å². The van der Waals surface area contributed by atoms with Crippen LogP contribution in [0.1, 0.15) is 5.56 Å². The number of aliphatic hydroxyl groups excluding tert-OH is 1. The Morgan fingerprint density at radius 1 is 0.850 bits per heavy atom. The third kappa shape index (κ3) is 4.48. The molecule has 4 heteroatoms. The predicted molar refractivity (Wildman–Crippen MR) is 79.4 cm³/mol. The highest BCUT2D eigenvalue weighted by Crippen LogP contribution is 2.39. The zero-order valence-corrected chi connectivity index (χ0v) is 11.5. The first kappa shape index (κ1) is 15.9. The Bertz CT molecular complexity index is 433. The van der Waals surface area contributed by atoms with E-state index in [1.807, 2.05) is 0 Å². The maximum Gasteiger partial charge on any atom is 0.203 e. The van der Waals surface area contributed by atoms with Crippen molar-refractivity contribution in [3.05, 3.63) is 55.7 Å². The van der Waals surface area contributed by atoms with E-state index in [1.165, 1.54) is 0 Å². The second-order valence-corrected chi connectivity index (χ2v) is 3.88. The van der Waals surface area contributed by atoms with Gasteiger partial charge in [-0.2, -0.15) is 0 Å². The van der Waals surface area contributed by atoms with Crippen molar-refractivity contribution in [2.45, 2.75) is 6.61 Å². The second kappa shape index (κ2) is 8.82. The Labute approximate surface area is 119 Å². The van der Waals surface area contributed by atoms with E-state index >= 15 is 0 Å². The minimum atomic E-state index is -0.114. The molecule has 0 heterocycles. The molecule has 0 aliphatic carbocycles. The number of benzene rings is 1. The Kier molecular flexibility index (Phi) is 7.00. The third-order valence-corrected chi connectivity index (χ3v) is 2.32. The number of hydrogen-bond donors (Lipinski definition) is 1. The summed E-state index contributed by atoms with van der Waals surface area (Å²) in [6.07, 6.45) is 4.90. The van der Waals surface area contributed by atoms with E-state index < -0.39 is 0 Å². The highest BCUT2D eigenvalue weighted by molar-refractivity contribution is 5.54. The van der Waals surface area contributed by atoms with Crippen LogP contribution in [0.25, 0.3) is 0 Å². The smallest absolute Gasteiger partial charge is 0.203 e. The van der Waals surface area contributed by atoms with Gasteiger partial charge < -0.3 is 19.3 Å². The molecule has 1 N–H and O–H groups in total. The molecular weight excluding hydrogens is 256 g/mol. The molecule has 0 radical (unpaired) electrons. The van der Waals surface area contributed by atoms with Crippen LogP contribution in [0.3, 0.4) is 0 Å². The van der Waals surface area contributed by atoms with Crippen molar-refractivity contribution >= 4 is 0 Å². The zero-order valence-electron chi connectivity index (χ0n) is 11.5. The van der Waals surface area contributed by atoms with Gasteiger partial charge in [0, 0.05) is 0 Å². The fraction of sp³-hybridized carbons (Fsp3) is 0.250. The van der Waals surface area contributed by atoms with Crippen LogP contribution in [0.15, 0.2) is 50.1 Å². The van der Waals surface area contributed by atoms with Crippen molar-refractivity contribution in [3.63, 3.8) is 0 Å². The molecule has 1 aromatic carbocycles. The van der Waals surface area contributed by atoms with Gasteiger partial charge >= 0.3 is 0 Å². The summed E-state index contributed by atoms with van der Waals surface area (Å²) in [7, 11) is 0. The Morgan fingerprint density at radius 2 is 1.30 bits per heavy atom. The van der Waals surface area contributed by atoms with Crippen molar-refractivity contribution in [1.82, 2.24) is 0 Å². The lowest BCUT2D eigenvalue weighted by Crippen LogP contribution is -2.04. The first-order valence-electron chi connectivity index (χ1n) is 6.25. The molecule has 0 saturated heterocycles. The van der Waals surface area contributed by atoms with Crippen molar-refractivity contribution < 1.29 is 19.3 Å². The van der Waals surface area contributed by atoms with E-state index in [0.717, 1.165) is 0 Å². The molecule has 0 atom stereocenters. The van der Waals surface area contributed by atoms with E-state index in [9.17, 15) is 5.11 Å². The molecule has 1 aromatic rings. The lowest BCUT2D eigenvalue weighted by molar-refractivity contribution is 0.267. The number of hydrogen-bond acceptors (Lipinski definition) is 4. The molecule has 0 amide bonds. The summed E-state index contributed by atoms with van der Waals surface area (Å²) in [5.41, 5.74) is 0.675. The van der Waals surface area contributed by atoms with Gasteiger partial charge in [-0.3, -0.25) is 0 Å². The Morgan fingerprint density at radius 3 is 1.70 bits per heavy atom. The van der Waals surface area contributed by atoms with Crippen LogP contribution in [0.4, 0.5) is 0 Å². The molecule has 0 aromatic heterocycles. The van der Waals surface area contributed by atoms with Gasteiger partial charge in [-0.05, 0) is 17.7 Å². The molecular formula is C16H20O4. The first-order valence-corrected chi connectivity index (χ1v) is 6.25. The molecule has 1 rings (SSSR count). The molecule has 0 aliphatic rings. The molecule has 4 nitrogen and oxygen atoms in total. The van der Waals surface area contributed by atoms with Gasteiger partial charge in [0.05, 0.1) is 6.61 Å². The molecule has 0 bridgehead atoms. The standard InChI is InChI=1S/C16H20O4/c1-4-7-18-14-10-13(12-17)11-15(19-8-5-2)16(14)20-9-6-3/h4-6,10-11,17H,1-3,7-9,12H2. The van der Waals surface area contributed by atoms with Gasteiger partial charge in [-0.15, -0.1) is 0 Å². The normalized spacial score (nSPS) is 9.65. The Balaban J connectivity index is 3.15. The van der Waals surface area contributed by atoms with Gasteiger partial charge in [-0.25, -0.2) is 0 Å². The average Bonchev–Trinajstić information content (AvgIpc) is 2.48. The molecule has 108 valence electrons. The first-order chi connectivity index (χ1) is 9.76. The summed E-state index contributed by atoms with van der Waals surface area (Å²) in [5, 5.41) is 9.30. The van der Waals surface area contributed by atoms with Crippen molar-refractivity contribution in [1.29, 1.82) is 0 Å². The summed E-state index contributed by atoms with van der Waals surface area (Å²) in [6.45, 7) is 11.7. The van der Waals surface area contributed by atoms with E-state index in [2.05, 4.69) is 19.7 Å². The monoisotopic (exact) mass is 276 g/mol. The minimum absolute atomic E-state index is 0.114. The maximum absolute atomic E-state index is 9.30. The van der Waals surface area contributed by atoms with E-state index in [0.29, 0.717) is 42.6 Å². The summed E-state index contributed by atoms with van der Waals surface area (Å²) in [5.74, 6) is 1.47. The summed E-state index contributed by atoms with van der Waals surface area (Å²) >= 11 is 0. The molecule has 0 saturated carbocycles. The van der Waals surface area contributed by atoms with Crippen molar-refractivity contribution in [2.24, 2.45) is 0 Å². The summed E-state index contributed by atoms with van der Waals surface area (Å²) in [4.78, 5) is 0. The quantitative estimate of drug-likeness (QED) is 0.668. The van der Waals surface area contributed by atoms with Crippen molar-refractivity contribution in [3.8, 4) is 17.2 Å². The van der Waals surface area contributed by atoms with Crippen LogP contribution in [-0.2, 0) is 6.61 Å². The van der Waals surface area contributed by atoms with Crippen LogP contribution in [0.2, 0.25) is 0 Å². The van der Waals surface area contributed by atoms with Crippen LogP contribution in [0, 0.1) is 0 Å². The van der Waals surface area contributed by atoms with E-state index in [4.69, 9.17) is 14.2 Å². The van der Waals surface area contributed by atoms with Crippen LogP contribution >= 0.6 is 0 Å². The minimum Gasteiger partial charge on any atom is -0.485 e. The molecule has 0 fully saturated rings. The Hall–Kier alpha value is -2.20. The van der Waals surface area contributed by atoms with Gasteiger partial charge in [0.25, 0.3) is 0 Å². The van der Waals surface area contributed by atoms with Gasteiger partial charge in [0.15, 0.2) is 11.5 Å². The lowest BCUT2D eigenvalue weighted by Gasteiger charge is -2.16. The predicted octanol–water partition coefficient (Wildman–Crippen LogP) is 2.87. The summed E-state index contributed by atoms with van der Waals surface area (Å²) < 4.78 is 16.7. The summed E-state index contributed by atoms with van der Waals surface area (Å²) in [6, 6.07) is 3.42. The zero-order chi connectivity index (χ0) is 14.8. The fourth-order valence-electron chi connectivity index (χ4n) is 1.52.